The molecular formula is C23H22N2O4. The van der Waals surface area contributed by atoms with Crippen LogP contribution in [0.4, 0.5) is 11.4 Å². The summed E-state index contributed by atoms with van der Waals surface area (Å²) < 4.78 is 10.7. The highest BCUT2D eigenvalue weighted by molar-refractivity contribution is 6.07. The number of anilines is 2. The van der Waals surface area contributed by atoms with Gasteiger partial charge in [0.2, 0.25) is 0 Å². The van der Waals surface area contributed by atoms with E-state index in [-0.39, 0.29) is 11.8 Å². The molecule has 0 radical (unpaired) electrons. The van der Waals surface area contributed by atoms with Crippen LogP contribution in [0.1, 0.15) is 39.8 Å². The standard InChI is InChI=1S/C23H22N2O4/c1-2-28-19-11-8-17(9-12-19)22(26)24-18-10-7-16-5-3-13-25(20(16)15-18)23(27)21-6-4-14-29-21/h4,6-12,14-15H,2-3,5,13H2,1H3,(H,24,26). The maximum atomic E-state index is 12.8. The van der Waals surface area contributed by atoms with Crippen LogP contribution in [0.3, 0.4) is 0 Å². The van der Waals surface area contributed by atoms with Gasteiger partial charge in [0.15, 0.2) is 5.76 Å². The summed E-state index contributed by atoms with van der Waals surface area (Å²) in [5, 5.41) is 2.91. The lowest BCUT2D eigenvalue weighted by atomic mass is 10.0. The monoisotopic (exact) mass is 390 g/mol. The van der Waals surface area contributed by atoms with E-state index in [4.69, 9.17) is 9.15 Å². The van der Waals surface area contributed by atoms with E-state index in [9.17, 15) is 9.59 Å². The Bertz CT molecular complexity index is 1010. The van der Waals surface area contributed by atoms with E-state index in [1.807, 2.05) is 25.1 Å². The van der Waals surface area contributed by atoms with E-state index in [2.05, 4.69) is 5.32 Å². The first-order valence-corrected chi connectivity index (χ1v) is 9.68. The second-order valence-corrected chi connectivity index (χ2v) is 6.79. The van der Waals surface area contributed by atoms with Gasteiger partial charge in [-0.3, -0.25) is 9.59 Å². The summed E-state index contributed by atoms with van der Waals surface area (Å²) in [7, 11) is 0. The molecule has 2 aromatic carbocycles. The normalized spacial score (nSPS) is 12.9. The molecule has 4 rings (SSSR count). The van der Waals surface area contributed by atoms with Crippen molar-refractivity contribution >= 4 is 23.2 Å². The second-order valence-electron chi connectivity index (χ2n) is 6.79. The quantitative estimate of drug-likeness (QED) is 0.695. The lowest BCUT2D eigenvalue weighted by molar-refractivity contribution is 0.0958. The minimum atomic E-state index is -0.215. The summed E-state index contributed by atoms with van der Waals surface area (Å²) in [6.07, 6.45) is 3.27. The number of fused-ring (bicyclic) bond motifs is 1. The molecule has 0 spiro atoms. The predicted molar refractivity (Wildman–Crippen MR) is 111 cm³/mol. The van der Waals surface area contributed by atoms with Crippen LogP contribution in [0, 0.1) is 0 Å². The van der Waals surface area contributed by atoms with Crippen molar-refractivity contribution in [1.29, 1.82) is 0 Å². The second kappa shape index (κ2) is 8.22. The molecule has 29 heavy (non-hydrogen) atoms. The Hall–Kier alpha value is -3.54. The molecule has 6 heteroatoms. The van der Waals surface area contributed by atoms with Gasteiger partial charge in [0.1, 0.15) is 5.75 Å². The lowest BCUT2D eigenvalue weighted by Crippen LogP contribution is -2.35. The summed E-state index contributed by atoms with van der Waals surface area (Å²) in [6, 6.07) is 16.0. The molecule has 0 bridgehead atoms. The lowest BCUT2D eigenvalue weighted by Gasteiger charge is -2.29. The molecule has 1 aliphatic rings. The molecular weight excluding hydrogens is 368 g/mol. The highest BCUT2D eigenvalue weighted by Crippen LogP contribution is 2.31. The fraction of sp³-hybridized carbons (Fsp3) is 0.217. The zero-order valence-electron chi connectivity index (χ0n) is 16.2. The average Bonchev–Trinajstić information content (AvgIpc) is 3.28. The Balaban J connectivity index is 1.54. The number of nitrogens with zero attached hydrogens (tertiary/aromatic N) is 1. The van der Waals surface area contributed by atoms with E-state index in [1.165, 1.54) is 6.26 Å². The Morgan fingerprint density at radius 2 is 1.97 bits per heavy atom. The zero-order valence-corrected chi connectivity index (χ0v) is 16.2. The van der Waals surface area contributed by atoms with Crippen molar-refractivity contribution < 1.29 is 18.7 Å². The molecule has 1 aliphatic heterocycles. The third-order valence-corrected chi connectivity index (χ3v) is 4.87. The Labute approximate surface area is 169 Å². The summed E-state index contributed by atoms with van der Waals surface area (Å²) >= 11 is 0. The number of rotatable bonds is 5. The van der Waals surface area contributed by atoms with Gasteiger partial charge in [0.25, 0.3) is 11.8 Å². The van der Waals surface area contributed by atoms with Crippen LogP contribution in [-0.4, -0.2) is 25.0 Å². The van der Waals surface area contributed by atoms with Gasteiger partial charge in [-0.05, 0) is 73.9 Å². The number of furan rings is 1. The smallest absolute Gasteiger partial charge is 0.293 e. The van der Waals surface area contributed by atoms with Crippen LogP contribution in [-0.2, 0) is 6.42 Å². The van der Waals surface area contributed by atoms with E-state index < -0.39 is 0 Å². The summed E-state index contributed by atoms with van der Waals surface area (Å²) in [5.41, 5.74) is 3.06. The number of amides is 2. The van der Waals surface area contributed by atoms with Crippen molar-refractivity contribution in [3.63, 3.8) is 0 Å². The molecule has 2 amide bonds. The minimum Gasteiger partial charge on any atom is -0.494 e. The Morgan fingerprint density at radius 3 is 2.69 bits per heavy atom. The minimum absolute atomic E-state index is 0.175. The average molecular weight is 390 g/mol. The SMILES string of the molecule is CCOc1ccc(C(=O)Nc2ccc3c(c2)N(C(=O)c2ccco2)CCC3)cc1. The number of aryl methyl sites for hydroxylation is 1. The van der Waals surface area contributed by atoms with Gasteiger partial charge in [-0.1, -0.05) is 6.07 Å². The van der Waals surface area contributed by atoms with Gasteiger partial charge in [-0.25, -0.2) is 0 Å². The summed E-state index contributed by atoms with van der Waals surface area (Å²) in [5.74, 6) is 0.644. The highest BCUT2D eigenvalue weighted by Gasteiger charge is 2.25. The number of carbonyl (C=O) groups excluding carboxylic acids is 2. The van der Waals surface area contributed by atoms with Gasteiger partial charge < -0.3 is 19.4 Å². The maximum Gasteiger partial charge on any atom is 0.293 e. The number of carbonyl (C=O) groups is 2. The van der Waals surface area contributed by atoms with Crippen LogP contribution < -0.4 is 15.0 Å². The van der Waals surface area contributed by atoms with Crippen LogP contribution >= 0.6 is 0 Å². The summed E-state index contributed by atoms with van der Waals surface area (Å²) in [4.78, 5) is 27.1. The fourth-order valence-electron chi connectivity index (χ4n) is 3.47. The first-order valence-electron chi connectivity index (χ1n) is 9.68. The fourth-order valence-corrected chi connectivity index (χ4v) is 3.47. The van der Waals surface area contributed by atoms with E-state index in [0.717, 1.165) is 29.8 Å². The van der Waals surface area contributed by atoms with Crippen molar-refractivity contribution in [2.45, 2.75) is 19.8 Å². The number of ether oxygens (including phenoxy) is 1. The van der Waals surface area contributed by atoms with Crippen molar-refractivity contribution in [3.8, 4) is 5.75 Å². The zero-order chi connectivity index (χ0) is 20.2. The van der Waals surface area contributed by atoms with Gasteiger partial charge in [0, 0.05) is 23.5 Å². The molecule has 6 nitrogen and oxygen atoms in total. The number of hydrogen-bond acceptors (Lipinski definition) is 4. The first kappa shape index (κ1) is 18.8. The van der Waals surface area contributed by atoms with Crippen molar-refractivity contribution in [1.82, 2.24) is 0 Å². The van der Waals surface area contributed by atoms with Crippen LogP contribution in [0.2, 0.25) is 0 Å². The number of nitrogens with one attached hydrogen (secondary N) is 1. The number of hydrogen-bond donors (Lipinski definition) is 1. The molecule has 0 atom stereocenters. The third kappa shape index (κ3) is 4.01. The molecule has 0 unspecified atom stereocenters. The molecule has 2 heterocycles. The largest absolute Gasteiger partial charge is 0.494 e. The van der Waals surface area contributed by atoms with Gasteiger partial charge in [-0.2, -0.15) is 0 Å². The van der Waals surface area contributed by atoms with E-state index in [1.54, 1.807) is 41.3 Å². The molecule has 1 N–H and O–H groups in total. The van der Waals surface area contributed by atoms with E-state index in [0.29, 0.717) is 30.2 Å². The van der Waals surface area contributed by atoms with Crippen molar-refractivity contribution in [3.05, 3.63) is 77.7 Å². The molecule has 0 fully saturated rings. The van der Waals surface area contributed by atoms with Crippen molar-refractivity contribution in [2.24, 2.45) is 0 Å². The summed E-state index contributed by atoms with van der Waals surface area (Å²) in [6.45, 7) is 3.10. The van der Waals surface area contributed by atoms with Crippen molar-refractivity contribution in [2.75, 3.05) is 23.4 Å². The topological polar surface area (TPSA) is 71.8 Å². The Morgan fingerprint density at radius 1 is 1.14 bits per heavy atom. The van der Waals surface area contributed by atoms with Crippen LogP contribution in [0.5, 0.6) is 5.75 Å². The molecule has 0 saturated carbocycles. The predicted octanol–water partition coefficient (Wildman–Crippen LogP) is 4.52. The van der Waals surface area contributed by atoms with Gasteiger partial charge in [-0.15, -0.1) is 0 Å². The molecule has 0 aliphatic carbocycles. The van der Waals surface area contributed by atoms with Crippen LogP contribution in [0.15, 0.2) is 65.3 Å². The van der Waals surface area contributed by atoms with E-state index >= 15 is 0 Å². The molecule has 0 saturated heterocycles. The molecule has 148 valence electrons. The van der Waals surface area contributed by atoms with Gasteiger partial charge in [0.05, 0.1) is 12.9 Å². The third-order valence-electron chi connectivity index (χ3n) is 4.87. The maximum absolute atomic E-state index is 12.8. The highest BCUT2D eigenvalue weighted by atomic mass is 16.5. The molecule has 3 aromatic rings. The number of benzene rings is 2. The van der Waals surface area contributed by atoms with Gasteiger partial charge >= 0.3 is 0 Å². The Kier molecular flexibility index (Phi) is 5.33. The first-order chi connectivity index (χ1) is 14.2. The van der Waals surface area contributed by atoms with Crippen LogP contribution in [0.25, 0.3) is 0 Å². The molecule has 1 aromatic heterocycles.